The van der Waals surface area contributed by atoms with Crippen LogP contribution < -0.4 is 29.1 Å². The number of nitrogens with zero attached hydrogens (tertiary/aromatic N) is 2. The standard InChI is InChI=1S/C23H22N2O5S.C12H11NO.C11H13NO5S/c1-17(26)18-9-8-10-19(15-18)25(31(2,28)29)16-23(27)24-21-13-6-7-14-22(21)30-20-11-4-3-5-12-20;13-11-8-4-5-9-12(11)14-10-6-2-1-3-7-10;1-8(13)9-4-3-5-10(6-9)12(7-11(14)15)18(2,16)17/h3-15H,16H2,1-2H3,(H,24,27);1-9H,13H2;3-6H,7H2,1-2H3,(H,14,15). The number of para-hydroxylation sites is 6. The van der Waals surface area contributed by atoms with Crippen LogP contribution in [0.15, 0.2) is 158 Å². The minimum absolute atomic E-state index is 0.160. The molecule has 1 amide bonds. The molecule has 0 aliphatic carbocycles. The summed E-state index contributed by atoms with van der Waals surface area (Å²) >= 11 is 0. The number of benzene rings is 6. The van der Waals surface area contributed by atoms with Crippen molar-refractivity contribution in [1.29, 1.82) is 0 Å². The summed E-state index contributed by atoms with van der Waals surface area (Å²) in [4.78, 5) is 46.3. The molecular weight excluding hydrogens is 849 g/mol. The molecule has 0 unspecified atom stereocenters. The zero-order chi connectivity index (χ0) is 46.2. The fourth-order valence-corrected chi connectivity index (χ4v) is 7.16. The number of sulfonamides is 2. The van der Waals surface area contributed by atoms with Crippen molar-refractivity contribution in [2.75, 3.05) is 45.3 Å². The summed E-state index contributed by atoms with van der Waals surface area (Å²) < 4.78 is 60.8. The number of nitrogens with one attached hydrogen (secondary N) is 1. The van der Waals surface area contributed by atoms with Gasteiger partial charge in [0.15, 0.2) is 17.3 Å². The summed E-state index contributed by atoms with van der Waals surface area (Å²) in [6.45, 7) is 1.60. The van der Waals surface area contributed by atoms with Crippen LogP contribution in [0.1, 0.15) is 34.6 Å². The number of amides is 1. The van der Waals surface area contributed by atoms with Crippen molar-refractivity contribution in [2.45, 2.75) is 13.8 Å². The number of carbonyl (C=O) groups is 4. The van der Waals surface area contributed by atoms with E-state index in [2.05, 4.69) is 5.32 Å². The molecular formula is C46H46N4O11S2. The van der Waals surface area contributed by atoms with Gasteiger partial charge < -0.3 is 25.6 Å². The first-order chi connectivity index (χ1) is 29.8. The largest absolute Gasteiger partial charge is 0.480 e. The topological polar surface area (TPSA) is 220 Å². The van der Waals surface area contributed by atoms with Gasteiger partial charge >= 0.3 is 5.97 Å². The lowest BCUT2D eigenvalue weighted by Gasteiger charge is -2.22. The summed E-state index contributed by atoms with van der Waals surface area (Å²) in [6, 6.07) is 45.0. The van der Waals surface area contributed by atoms with Crippen molar-refractivity contribution in [2.24, 2.45) is 0 Å². The summed E-state index contributed by atoms with van der Waals surface area (Å²) in [5.41, 5.74) is 7.87. The number of carboxylic acid groups (broad SMARTS) is 1. The third-order valence-corrected chi connectivity index (χ3v) is 10.8. The molecule has 0 bridgehead atoms. The molecule has 0 atom stereocenters. The first kappa shape index (κ1) is 48.2. The Morgan fingerprint density at radius 2 is 0.968 bits per heavy atom. The molecule has 0 aliphatic heterocycles. The maximum absolute atomic E-state index is 12.7. The molecule has 17 heteroatoms. The Morgan fingerprint density at radius 3 is 1.41 bits per heavy atom. The highest BCUT2D eigenvalue weighted by molar-refractivity contribution is 7.92. The average molecular weight is 895 g/mol. The number of rotatable bonds is 15. The molecule has 6 aromatic rings. The number of carbonyl (C=O) groups excluding carboxylic acids is 3. The van der Waals surface area contributed by atoms with Crippen molar-refractivity contribution in [3.63, 3.8) is 0 Å². The van der Waals surface area contributed by atoms with E-state index in [0.29, 0.717) is 39.8 Å². The fraction of sp³-hybridized carbons (Fsp3) is 0.130. The zero-order valence-electron chi connectivity index (χ0n) is 34.7. The lowest BCUT2D eigenvalue weighted by atomic mass is 10.1. The van der Waals surface area contributed by atoms with Crippen molar-refractivity contribution < 1.29 is 50.6 Å². The number of Topliss-reactive ketones (excluding diaryl/α,β-unsaturated/α-hetero) is 2. The highest BCUT2D eigenvalue weighted by atomic mass is 32.2. The van der Waals surface area contributed by atoms with Gasteiger partial charge in [0.25, 0.3) is 0 Å². The average Bonchev–Trinajstić information content (AvgIpc) is 3.24. The van der Waals surface area contributed by atoms with Crippen LogP contribution in [0.5, 0.6) is 23.0 Å². The Balaban J connectivity index is 0.000000229. The van der Waals surface area contributed by atoms with Gasteiger partial charge in [0.2, 0.25) is 26.0 Å². The number of aliphatic carboxylic acids is 1. The molecule has 328 valence electrons. The lowest BCUT2D eigenvalue weighted by molar-refractivity contribution is -0.135. The van der Waals surface area contributed by atoms with Crippen LogP contribution in [-0.2, 0) is 29.6 Å². The summed E-state index contributed by atoms with van der Waals surface area (Å²) in [7, 11) is -7.49. The molecule has 0 heterocycles. The van der Waals surface area contributed by atoms with E-state index >= 15 is 0 Å². The highest BCUT2D eigenvalue weighted by Crippen LogP contribution is 2.30. The first-order valence-electron chi connectivity index (χ1n) is 18.9. The van der Waals surface area contributed by atoms with E-state index in [1.54, 1.807) is 48.5 Å². The number of hydrogen-bond acceptors (Lipinski definition) is 11. The van der Waals surface area contributed by atoms with Gasteiger partial charge in [-0.3, -0.25) is 27.8 Å². The number of anilines is 4. The number of nitrogens with two attached hydrogens (primary N) is 1. The van der Waals surface area contributed by atoms with E-state index in [-0.39, 0.29) is 22.9 Å². The molecule has 4 N–H and O–H groups in total. The lowest BCUT2D eigenvalue weighted by Crippen LogP contribution is -2.37. The van der Waals surface area contributed by atoms with Crippen molar-refractivity contribution in [3.8, 4) is 23.0 Å². The SMILES string of the molecule is CC(=O)c1cccc(N(CC(=O)Nc2ccccc2Oc2ccccc2)S(C)(=O)=O)c1.CC(=O)c1cccc(N(CC(=O)O)S(C)(=O)=O)c1.Nc1ccccc1Oc1ccccc1. The van der Waals surface area contributed by atoms with Crippen LogP contribution in [0, 0.1) is 0 Å². The molecule has 15 nitrogen and oxygen atoms in total. The molecule has 0 spiro atoms. The second kappa shape index (κ2) is 22.4. The first-order valence-corrected chi connectivity index (χ1v) is 22.6. The molecule has 6 rings (SSSR count). The number of carboxylic acids is 1. The van der Waals surface area contributed by atoms with Crippen LogP contribution in [0.2, 0.25) is 0 Å². The smallest absolute Gasteiger partial charge is 0.324 e. The maximum atomic E-state index is 12.7. The van der Waals surface area contributed by atoms with Gasteiger partial charge in [-0.25, -0.2) is 16.8 Å². The molecule has 0 radical (unpaired) electrons. The highest BCUT2D eigenvalue weighted by Gasteiger charge is 2.23. The Kier molecular flexibility index (Phi) is 17.1. The fourth-order valence-electron chi connectivity index (χ4n) is 5.47. The zero-order valence-corrected chi connectivity index (χ0v) is 36.4. The molecule has 63 heavy (non-hydrogen) atoms. The van der Waals surface area contributed by atoms with E-state index in [1.165, 1.54) is 50.2 Å². The van der Waals surface area contributed by atoms with Gasteiger partial charge in [0.1, 0.15) is 30.3 Å². The second-order valence-electron chi connectivity index (χ2n) is 13.6. The Labute approximate surface area is 366 Å². The normalized spacial score (nSPS) is 10.7. The third kappa shape index (κ3) is 15.5. The molecule has 6 aromatic carbocycles. The van der Waals surface area contributed by atoms with E-state index in [0.717, 1.165) is 26.9 Å². The third-order valence-electron chi connectivity index (χ3n) is 8.47. The minimum atomic E-state index is -3.78. The predicted octanol–water partition coefficient (Wildman–Crippen LogP) is 7.89. The Bertz CT molecular complexity index is 2750. The van der Waals surface area contributed by atoms with E-state index < -0.39 is 45.0 Å². The number of ketones is 2. The number of ether oxygens (including phenoxy) is 2. The molecule has 0 saturated carbocycles. The Morgan fingerprint density at radius 1 is 0.556 bits per heavy atom. The van der Waals surface area contributed by atoms with Crippen molar-refractivity contribution >= 4 is 66.2 Å². The second-order valence-corrected chi connectivity index (χ2v) is 17.4. The number of nitrogen functional groups attached to an aromatic ring is 1. The van der Waals surface area contributed by atoms with E-state index in [9.17, 15) is 36.0 Å². The predicted molar refractivity (Wildman–Crippen MR) is 244 cm³/mol. The van der Waals surface area contributed by atoms with E-state index in [4.69, 9.17) is 20.3 Å². The summed E-state index contributed by atoms with van der Waals surface area (Å²) in [5.74, 6) is 0.266. The van der Waals surface area contributed by atoms with E-state index in [1.807, 2.05) is 72.8 Å². The molecule has 0 saturated heterocycles. The molecule has 0 fully saturated rings. The van der Waals surface area contributed by atoms with Gasteiger partial charge in [0, 0.05) is 11.1 Å². The van der Waals surface area contributed by atoms with Crippen molar-refractivity contribution in [1.82, 2.24) is 0 Å². The van der Waals surface area contributed by atoms with Crippen LogP contribution in [-0.4, -0.2) is 71.0 Å². The summed E-state index contributed by atoms with van der Waals surface area (Å²) in [6.07, 6.45) is 1.92. The van der Waals surface area contributed by atoms with Crippen molar-refractivity contribution in [3.05, 3.63) is 169 Å². The molecule has 0 aliphatic rings. The molecule has 0 aromatic heterocycles. The van der Waals surface area contributed by atoms with Gasteiger partial charge in [-0.2, -0.15) is 0 Å². The van der Waals surface area contributed by atoms with Crippen LogP contribution >= 0.6 is 0 Å². The monoisotopic (exact) mass is 894 g/mol. The maximum Gasteiger partial charge on any atom is 0.324 e. The Hall–Kier alpha value is -7.50. The van der Waals surface area contributed by atoms with Crippen LogP contribution in [0.4, 0.5) is 22.7 Å². The van der Waals surface area contributed by atoms with Crippen LogP contribution in [0.25, 0.3) is 0 Å². The quantitative estimate of drug-likeness (QED) is 0.0662. The van der Waals surface area contributed by atoms with Gasteiger partial charge in [-0.15, -0.1) is 0 Å². The van der Waals surface area contributed by atoms with Crippen LogP contribution in [0.3, 0.4) is 0 Å². The van der Waals surface area contributed by atoms with Gasteiger partial charge in [-0.05, 0) is 86.6 Å². The van der Waals surface area contributed by atoms with Gasteiger partial charge in [0.05, 0.1) is 35.3 Å². The van der Waals surface area contributed by atoms with Gasteiger partial charge in [-0.1, -0.05) is 84.9 Å². The minimum Gasteiger partial charge on any atom is -0.480 e. The summed E-state index contributed by atoms with van der Waals surface area (Å²) in [5, 5.41) is 11.4. The number of hydrogen-bond donors (Lipinski definition) is 3.